The van der Waals surface area contributed by atoms with Crippen molar-refractivity contribution >= 4 is 45.6 Å². The van der Waals surface area contributed by atoms with Gasteiger partial charge < -0.3 is 59.5 Å². The molecule has 8 rings (SSSR count). The van der Waals surface area contributed by atoms with Gasteiger partial charge in [-0.05, 0) is 141 Å². The Labute approximate surface area is 421 Å². The minimum absolute atomic E-state index is 0.0376. The summed E-state index contributed by atoms with van der Waals surface area (Å²) >= 11 is 0. The van der Waals surface area contributed by atoms with Crippen molar-refractivity contribution in [2.24, 2.45) is 11.8 Å². The molecule has 0 spiro atoms. The van der Waals surface area contributed by atoms with Crippen LogP contribution in [0.4, 0.5) is 0 Å². The van der Waals surface area contributed by atoms with Gasteiger partial charge in [-0.3, -0.25) is 19.2 Å². The summed E-state index contributed by atoms with van der Waals surface area (Å²) in [6, 6.07) is 15.2. The molecule has 18 heteroatoms. The SMILES string of the molecule is Cc1cccc2c1cc(C(=O)NCC1CCN(CC3(O)CCOCC3)CC1)c(=O)n2C(C)C.Cc1cccc2c1cc(C(=O)NCC1CCN(CC3(O)CCOCC3)CC1)c(=O)n2C(C)C.O=C(O)C(=O)O. The molecule has 0 saturated carbocycles. The number of likely N-dealkylation sites (tertiary alicyclic amines) is 2. The maximum Gasteiger partial charge on any atom is 0.414 e. The standard InChI is InChI=1S/2C26H37N3O4.C2H2O4/c2*1-18(2)29-23-6-4-5-19(3)21(23)15-22(25(29)31)24(30)27-16-20-7-11-28(12-8-20)17-26(32)9-13-33-14-10-26;3-1(4)2(5)6/h2*4-6,15,18,20,32H,7-14,16-17H2,1-3H3,(H,27,30);(H,3,4)(H,5,6). The molecule has 6 heterocycles. The van der Waals surface area contributed by atoms with Gasteiger partial charge >= 0.3 is 11.9 Å². The molecule has 4 aliphatic heterocycles. The number of carboxylic acids is 2. The van der Waals surface area contributed by atoms with Gasteiger partial charge in [0.15, 0.2) is 0 Å². The summed E-state index contributed by atoms with van der Waals surface area (Å²) in [5.41, 5.74) is 2.52. The molecule has 4 aromatic rings. The number of β-amino-alcohol motifs (C(OH)–C–C–N with tert-alkyl or cyclic N) is 2. The van der Waals surface area contributed by atoms with Crippen LogP contribution in [0.3, 0.4) is 0 Å². The van der Waals surface area contributed by atoms with Gasteiger partial charge in [0, 0.05) is 101 Å². The molecule has 72 heavy (non-hydrogen) atoms. The summed E-state index contributed by atoms with van der Waals surface area (Å²) in [5, 5.41) is 44.2. The molecular weight excluding hydrogens is 925 g/mol. The summed E-state index contributed by atoms with van der Waals surface area (Å²) in [7, 11) is 0. The fourth-order valence-electron chi connectivity index (χ4n) is 10.4. The van der Waals surface area contributed by atoms with Crippen LogP contribution in [0.1, 0.15) is 123 Å². The topological polar surface area (TPSA) is 242 Å². The van der Waals surface area contributed by atoms with Crippen LogP contribution in [-0.4, -0.2) is 153 Å². The highest BCUT2D eigenvalue weighted by Crippen LogP contribution is 2.28. The van der Waals surface area contributed by atoms with Crippen molar-refractivity contribution in [3.8, 4) is 0 Å². The number of carboxylic acid groups (broad SMARTS) is 2. The van der Waals surface area contributed by atoms with E-state index in [9.17, 15) is 29.4 Å². The fourth-order valence-corrected chi connectivity index (χ4v) is 10.4. The number of hydrogen-bond acceptors (Lipinski definition) is 12. The Hall–Kier alpha value is -5.50. The summed E-state index contributed by atoms with van der Waals surface area (Å²) in [6.45, 7) is 20.6. The molecular formula is C54H76N6O12. The van der Waals surface area contributed by atoms with Gasteiger partial charge in [-0.25, -0.2) is 9.59 Å². The van der Waals surface area contributed by atoms with Crippen molar-refractivity contribution in [2.75, 3.05) is 78.8 Å². The van der Waals surface area contributed by atoms with E-state index in [-0.39, 0.29) is 46.1 Å². The summed E-state index contributed by atoms with van der Waals surface area (Å²) in [6.07, 6.45) is 6.67. The van der Waals surface area contributed by atoms with Crippen molar-refractivity contribution in [2.45, 2.75) is 116 Å². The maximum atomic E-state index is 13.2. The molecule has 0 bridgehead atoms. The number of nitrogens with one attached hydrogen (secondary N) is 2. The normalized spacial score (nSPS) is 18.8. The van der Waals surface area contributed by atoms with Gasteiger partial charge in [-0.2, -0.15) is 0 Å². The van der Waals surface area contributed by atoms with Crippen molar-refractivity contribution in [3.05, 3.63) is 91.5 Å². The lowest BCUT2D eigenvalue weighted by molar-refractivity contribution is -0.159. The molecule has 0 radical (unpaired) electrons. The Kier molecular flexibility index (Phi) is 19.3. The van der Waals surface area contributed by atoms with Crippen LogP contribution in [0, 0.1) is 25.7 Å². The minimum Gasteiger partial charge on any atom is -0.473 e. The largest absolute Gasteiger partial charge is 0.473 e. The molecule has 2 aromatic heterocycles. The Bertz CT molecular complexity index is 2470. The third-order valence-electron chi connectivity index (χ3n) is 14.7. The van der Waals surface area contributed by atoms with E-state index in [1.807, 2.05) is 77.9 Å². The Morgan fingerprint density at radius 2 is 0.931 bits per heavy atom. The first-order valence-electron chi connectivity index (χ1n) is 25.6. The molecule has 0 aliphatic carbocycles. The highest BCUT2D eigenvalue weighted by molar-refractivity contribution is 6.27. The molecule has 394 valence electrons. The number of rotatable bonds is 12. The smallest absolute Gasteiger partial charge is 0.414 e. The van der Waals surface area contributed by atoms with Gasteiger partial charge in [0.1, 0.15) is 11.1 Å². The van der Waals surface area contributed by atoms with Crippen LogP contribution >= 0.6 is 0 Å². The van der Waals surface area contributed by atoms with E-state index >= 15 is 0 Å². The van der Waals surface area contributed by atoms with Crippen molar-refractivity contribution in [1.29, 1.82) is 0 Å². The summed E-state index contributed by atoms with van der Waals surface area (Å²) in [4.78, 5) is 75.2. The quantitative estimate of drug-likeness (QED) is 0.104. The number of aliphatic hydroxyl groups is 2. The van der Waals surface area contributed by atoms with Crippen molar-refractivity contribution in [1.82, 2.24) is 29.6 Å². The fraction of sp³-hybridized carbons (Fsp3) is 0.593. The van der Waals surface area contributed by atoms with E-state index in [1.165, 1.54) is 0 Å². The Morgan fingerprint density at radius 1 is 0.597 bits per heavy atom. The van der Waals surface area contributed by atoms with Crippen LogP contribution < -0.4 is 21.8 Å². The average Bonchev–Trinajstić information content (AvgIpc) is 3.33. The van der Waals surface area contributed by atoms with Gasteiger partial charge in [-0.1, -0.05) is 24.3 Å². The number of pyridine rings is 2. The average molecular weight is 1000 g/mol. The second-order valence-corrected chi connectivity index (χ2v) is 20.8. The third-order valence-corrected chi connectivity index (χ3v) is 14.7. The molecule has 0 atom stereocenters. The number of aryl methyl sites for hydroxylation is 2. The number of hydrogen-bond donors (Lipinski definition) is 6. The van der Waals surface area contributed by atoms with Crippen LogP contribution in [0.15, 0.2) is 58.1 Å². The van der Waals surface area contributed by atoms with E-state index in [0.29, 0.717) is 90.1 Å². The van der Waals surface area contributed by atoms with E-state index in [4.69, 9.17) is 29.3 Å². The van der Waals surface area contributed by atoms with Crippen LogP contribution in [0.2, 0.25) is 0 Å². The zero-order valence-electron chi connectivity index (χ0n) is 42.9. The number of piperidine rings is 2. The van der Waals surface area contributed by atoms with Gasteiger partial charge in [0.05, 0.1) is 22.2 Å². The van der Waals surface area contributed by atoms with Gasteiger partial charge in [-0.15, -0.1) is 0 Å². The van der Waals surface area contributed by atoms with Crippen LogP contribution in [-0.2, 0) is 19.1 Å². The second-order valence-electron chi connectivity index (χ2n) is 20.8. The highest BCUT2D eigenvalue weighted by Gasteiger charge is 2.35. The first-order chi connectivity index (χ1) is 34.2. The number of carbonyl (C=O) groups excluding carboxylic acids is 2. The molecule has 4 fully saturated rings. The predicted octanol–water partition coefficient (Wildman–Crippen LogP) is 4.90. The number of amides is 2. The summed E-state index contributed by atoms with van der Waals surface area (Å²) in [5.74, 6) is -3.48. The van der Waals surface area contributed by atoms with Gasteiger partial charge in [0.2, 0.25) is 0 Å². The maximum absolute atomic E-state index is 13.2. The van der Waals surface area contributed by atoms with E-state index in [0.717, 1.165) is 84.8 Å². The van der Waals surface area contributed by atoms with E-state index in [2.05, 4.69) is 20.4 Å². The zero-order valence-corrected chi connectivity index (χ0v) is 42.9. The number of fused-ring (bicyclic) bond motifs is 2. The number of aliphatic carboxylic acids is 2. The van der Waals surface area contributed by atoms with Crippen molar-refractivity contribution in [3.63, 3.8) is 0 Å². The first kappa shape index (κ1) is 55.8. The van der Waals surface area contributed by atoms with E-state index < -0.39 is 23.1 Å². The number of carbonyl (C=O) groups is 4. The number of aromatic nitrogens is 2. The predicted molar refractivity (Wildman–Crippen MR) is 275 cm³/mol. The lowest BCUT2D eigenvalue weighted by Gasteiger charge is -2.39. The summed E-state index contributed by atoms with van der Waals surface area (Å²) < 4.78 is 14.2. The molecule has 4 aliphatic rings. The first-order valence-corrected chi connectivity index (χ1v) is 25.6. The van der Waals surface area contributed by atoms with Crippen LogP contribution in [0.25, 0.3) is 21.8 Å². The van der Waals surface area contributed by atoms with Crippen molar-refractivity contribution < 1.29 is 49.1 Å². The van der Waals surface area contributed by atoms with Gasteiger partial charge in [0.25, 0.3) is 22.9 Å². The Morgan fingerprint density at radius 3 is 1.24 bits per heavy atom. The zero-order chi connectivity index (χ0) is 52.3. The lowest BCUT2D eigenvalue weighted by atomic mass is 9.91. The lowest BCUT2D eigenvalue weighted by Crippen LogP contribution is -2.49. The third kappa shape index (κ3) is 14.4. The molecule has 2 aromatic carbocycles. The monoisotopic (exact) mass is 1000 g/mol. The minimum atomic E-state index is -1.82. The number of nitrogens with zero attached hydrogens (tertiary/aromatic N) is 4. The molecule has 4 saturated heterocycles. The van der Waals surface area contributed by atoms with E-state index in [1.54, 1.807) is 21.3 Å². The highest BCUT2D eigenvalue weighted by atomic mass is 16.5. The molecule has 2 amide bonds. The van der Waals surface area contributed by atoms with Crippen LogP contribution in [0.5, 0.6) is 0 Å². The number of ether oxygens (including phenoxy) is 2. The Balaban J connectivity index is 0.000000211. The number of benzene rings is 2. The molecule has 18 nitrogen and oxygen atoms in total. The molecule has 6 N–H and O–H groups in total. The second kappa shape index (κ2) is 25.0. The molecule has 0 unspecified atom stereocenters.